The summed E-state index contributed by atoms with van der Waals surface area (Å²) < 4.78 is 26.9. The maximum Gasteiger partial charge on any atom is 0.131 e. The van der Waals surface area contributed by atoms with Crippen LogP contribution in [-0.4, -0.2) is 4.98 Å². The summed E-state index contributed by atoms with van der Waals surface area (Å²) in [5.74, 6) is -0.853. The summed E-state index contributed by atoms with van der Waals surface area (Å²) >= 11 is 0. The van der Waals surface area contributed by atoms with Gasteiger partial charge in [-0.3, -0.25) is 0 Å². The molecule has 0 atom stereocenters. The van der Waals surface area contributed by atoms with Crippen molar-refractivity contribution in [2.45, 2.75) is 0 Å². The van der Waals surface area contributed by atoms with Gasteiger partial charge in [0, 0.05) is 22.7 Å². The SMILES string of the molecule is Fc1ccc(F)c(-c2cccc3[nH]ccc23)c1. The van der Waals surface area contributed by atoms with Crippen LogP contribution in [0.5, 0.6) is 0 Å². The molecule has 0 unspecified atom stereocenters. The van der Waals surface area contributed by atoms with Crippen molar-refractivity contribution in [3.05, 3.63) is 60.3 Å². The monoisotopic (exact) mass is 229 g/mol. The summed E-state index contributed by atoms with van der Waals surface area (Å²) in [6.07, 6.45) is 1.78. The van der Waals surface area contributed by atoms with Crippen molar-refractivity contribution in [3.63, 3.8) is 0 Å². The smallest absolute Gasteiger partial charge is 0.131 e. The minimum atomic E-state index is -0.436. The summed E-state index contributed by atoms with van der Waals surface area (Å²) in [6, 6.07) is 10.8. The second-order valence-corrected chi connectivity index (χ2v) is 3.87. The van der Waals surface area contributed by atoms with E-state index in [1.807, 2.05) is 18.2 Å². The minimum absolute atomic E-state index is 0.287. The van der Waals surface area contributed by atoms with Crippen LogP contribution in [0, 0.1) is 11.6 Å². The molecular weight excluding hydrogens is 220 g/mol. The number of hydrogen-bond donors (Lipinski definition) is 1. The highest BCUT2D eigenvalue weighted by molar-refractivity contribution is 5.95. The van der Waals surface area contributed by atoms with Gasteiger partial charge in [0.05, 0.1) is 0 Å². The summed E-state index contributed by atoms with van der Waals surface area (Å²) in [7, 11) is 0. The maximum absolute atomic E-state index is 13.7. The van der Waals surface area contributed by atoms with E-state index in [4.69, 9.17) is 0 Å². The Kier molecular flexibility index (Phi) is 2.18. The first-order valence-corrected chi connectivity index (χ1v) is 5.27. The van der Waals surface area contributed by atoms with Crippen LogP contribution in [0.3, 0.4) is 0 Å². The Morgan fingerprint density at radius 2 is 1.76 bits per heavy atom. The first-order valence-electron chi connectivity index (χ1n) is 5.27. The average Bonchev–Trinajstić information content (AvgIpc) is 2.80. The molecular formula is C14H9F2N. The fraction of sp³-hybridized carbons (Fsp3) is 0. The van der Waals surface area contributed by atoms with Crippen LogP contribution in [0.15, 0.2) is 48.7 Å². The molecule has 0 radical (unpaired) electrons. The number of H-pyrrole nitrogens is 1. The van der Waals surface area contributed by atoms with E-state index in [1.165, 1.54) is 6.07 Å². The van der Waals surface area contributed by atoms with E-state index in [0.717, 1.165) is 23.0 Å². The van der Waals surface area contributed by atoms with Gasteiger partial charge >= 0.3 is 0 Å². The van der Waals surface area contributed by atoms with Gasteiger partial charge in [-0.25, -0.2) is 8.78 Å². The number of rotatable bonds is 1. The normalized spacial score (nSPS) is 10.9. The standard InChI is InChI=1S/C14H9F2N/c15-9-4-5-13(16)12(8-9)10-2-1-3-14-11(10)6-7-17-14/h1-8,17H. The highest BCUT2D eigenvalue weighted by Gasteiger charge is 2.09. The zero-order valence-electron chi connectivity index (χ0n) is 8.87. The van der Waals surface area contributed by atoms with Crippen LogP contribution in [0.4, 0.5) is 8.78 Å². The van der Waals surface area contributed by atoms with Gasteiger partial charge < -0.3 is 4.98 Å². The van der Waals surface area contributed by atoms with Gasteiger partial charge in [-0.05, 0) is 35.9 Å². The van der Waals surface area contributed by atoms with Gasteiger partial charge in [0.25, 0.3) is 0 Å². The van der Waals surface area contributed by atoms with Crippen LogP contribution in [0.2, 0.25) is 0 Å². The first-order chi connectivity index (χ1) is 8.25. The Morgan fingerprint density at radius 3 is 2.65 bits per heavy atom. The predicted molar refractivity (Wildman–Crippen MR) is 63.7 cm³/mol. The Balaban J connectivity index is 2.34. The van der Waals surface area contributed by atoms with Crippen molar-refractivity contribution in [2.75, 3.05) is 0 Å². The lowest BCUT2D eigenvalue weighted by Crippen LogP contribution is -1.87. The lowest BCUT2D eigenvalue weighted by Gasteiger charge is -2.05. The Bertz CT molecular complexity index is 686. The van der Waals surface area contributed by atoms with Gasteiger partial charge in [-0.1, -0.05) is 12.1 Å². The summed E-state index contributed by atoms with van der Waals surface area (Å²) in [4.78, 5) is 3.05. The zero-order chi connectivity index (χ0) is 11.8. The third-order valence-electron chi connectivity index (χ3n) is 2.81. The largest absolute Gasteiger partial charge is 0.361 e. The molecule has 1 N–H and O–H groups in total. The van der Waals surface area contributed by atoms with Gasteiger partial charge in [-0.15, -0.1) is 0 Å². The molecule has 0 aliphatic carbocycles. The third-order valence-corrected chi connectivity index (χ3v) is 2.81. The quantitative estimate of drug-likeness (QED) is 0.646. The highest BCUT2D eigenvalue weighted by atomic mass is 19.1. The van der Waals surface area contributed by atoms with E-state index in [-0.39, 0.29) is 5.56 Å². The van der Waals surface area contributed by atoms with Crippen molar-refractivity contribution in [2.24, 2.45) is 0 Å². The number of halogens is 2. The molecule has 84 valence electrons. The molecule has 3 aromatic rings. The van der Waals surface area contributed by atoms with Crippen molar-refractivity contribution >= 4 is 10.9 Å². The molecule has 0 spiro atoms. The molecule has 1 nitrogen and oxygen atoms in total. The van der Waals surface area contributed by atoms with E-state index >= 15 is 0 Å². The number of nitrogens with one attached hydrogen (secondary N) is 1. The van der Waals surface area contributed by atoms with Crippen LogP contribution in [0.1, 0.15) is 0 Å². The molecule has 3 heteroatoms. The molecule has 0 aliphatic rings. The predicted octanol–water partition coefficient (Wildman–Crippen LogP) is 4.11. The molecule has 0 aliphatic heterocycles. The summed E-state index contributed by atoms with van der Waals surface area (Å²) in [5, 5.41) is 0.886. The molecule has 0 saturated heterocycles. The van der Waals surface area contributed by atoms with Crippen LogP contribution >= 0.6 is 0 Å². The Labute approximate surface area is 96.7 Å². The minimum Gasteiger partial charge on any atom is -0.361 e. The molecule has 17 heavy (non-hydrogen) atoms. The highest BCUT2D eigenvalue weighted by Crippen LogP contribution is 2.30. The average molecular weight is 229 g/mol. The van der Waals surface area contributed by atoms with Crippen LogP contribution in [0.25, 0.3) is 22.0 Å². The van der Waals surface area contributed by atoms with Crippen LogP contribution < -0.4 is 0 Å². The van der Waals surface area contributed by atoms with Gasteiger partial charge in [-0.2, -0.15) is 0 Å². The van der Waals surface area contributed by atoms with Crippen molar-refractivity contribution < 1.29 is 8.78 Å². The third kappa shape index (κ3) is 1.60. The van der Waals surface area contributed by atoms with Crippen molar-refractivity contribution in [3.8, 4) is 11.1 Å². The summed E-state index contributed by atoms with van der Waals surface area (Å²) in [5.41, 5.74) is 1.89. The van der Waals surface area contributed by atoms with Gasteiger partial charge in [0.2, 0.25) is 0 Å². The fourth-order valence-corrected chi connectivity index (χ4v) is 2.02. The second kappa shape index (κ2) is 3.70. The van der Waals surface area contributed by atoms with Gasteiger partial charge in [0.1, 0.15) is 11.6 Å². The molecule has 2 aromatic carbocycles. The lowest BCUT2D eigenvalue weighted by molar-refractivity contribution is 0.603. The number of hydrogen-bond acceptors (Lipinski definition) is 0. The Morgan fingerprint density at radius 1 is 0.882 bits per heavy atom. The molecule has 0 amide bonds. The number of aromatic nitrogens is 1. The first kappa shape index (κ1) is 10.0. The number of fused-ring (bicyclic) bond motifs is 1. The molecule has 1 heterocycles. The number of aromatic amines is 1. The van der Waals surface area contributed by atoms with E-state index in [1.54, 1.807) is 12.3 Å². The fourth-order valence-electron chi connectivity index (χ4n) is 2.02. The van der Waals surface area contributed by atoms with E-state index in [2.05, 4.69) is 4.98 Å². The molecule has 3 rings (SSSR count). The van der Waals surface area contributed by atoms with Crippen molar-refractivity contribution in [1.29, 1.82) is 0 Å². The zero-order valence-corrected chi connectivity index (χ0v) is 8.87. The van der Waals surface area contributed by atoms with Crippen molar-refractivity contribution in [1.82, 2.24) is 4.98 Å². The summed E-state index contributed by atoms with van der Waals surface area (Å²) in [6.45, 7) is 0. The topological polar surface area (TPSA) is 15.8 Å². The maximum atomic E-state index is 13.7. The molecule has 1 aromatic heterocycles. The lowest BCUT2D eigenvalue weighted by atomic mass is 10.0. The van der Waals surface area contributed by atoms with Crippen LogP contribution in [-0.2, 0) is 0 Å². The molecule has 0 bridgehead atoms. The molecule has 0 saturated carbocycles. The van der Waals surface area contributed by atoms with E-state index in [9.17, 15) is 8.78 Å². The second-order valence-electron chi connectivity index (χ2n) is 3.87. The van der Waals surface area contributed by atoms with E-state index < -0.39 is 11.6 Å². The van der Waals surface area contributed by atoms with E-state index in [0.29, 0.717) is 5.56 Å². The number of benzene rings is 2. The Hall–Kier alpha value is -2.16. The van der Waals surface area contributed by atoms with Gasteiger partial charge in [0.15, 0.2) is 0 Å². The molecule has 0 fully saturated rings.